The van der Waals surface area contributed by atoms with Gasteiger partial charge in [-0.2, -0.15) is 5.10 Å². The Morgan fingerprint density at radius 2 is 2.17 bits per heavy atom. The quantitative estimate of drug-likeness (QED) is 0.828. The maximum Gasteiger partial charge on any atom is 0.222 e. The highest BCUT2D eigenvalue weighted by Gasteiger charge is 2.25. The van der Waals surface area contributed by atoms with Gasteiger partial charge in [-0.15, -0.1) is 0 Å². The van der Waals surface area contributed by atoms with Crippen LogP contribution in [0.25, 0.3) is 0 Å². The van der Waals surface area contributed by atoms with Gasteiger partial charge < -0.3 is 9.64 Å². The summed E-state index contributed by atoms with van der Waals surface area (Å²) in [5, 5.41) is 7.05. The molecule has 1 aromatic heterocycles. The van der Waals surface area contributed by atoms with Crippen LogP contribution < -0.4 is 4.74 Å². The Labute approximate surface area is 143 Å². The fourth-order valence-corrected chi connectivity index (χ4v) is 3.16. The summed E-state index contributed by atoms with van der Waals surface area (Å²) in [6, 6.07) is 10.0. The lowest BCUT2D eigenvalue weighted by atomic mass is 9.94. The van der Waals surface area contributed by atoms with Crippen LogP contribution in [0.3, 0.4) is 0 Å². The molecule has 0 radical (unpaired) electrons. The summed E-state index contributed by atoms with van der Waals surface area (Å²) in [7, 11) is 0. The number of carbonyl (C=O) groups is 1. The molecule has 5 heteroatoms. The summed E-state index contributed by atoms with van der Waals surface area (Å²) in [6.45, 7) is 4.28. The van der Waals surface area contributed by atoms with Crippen molar-refractivity contribution in [2.75, 3.05) is 19.7 Å². The van der Waals surface area contributed by atoms with E-state index in [0.29, 0.717) is 18.9 Å². The van der Waals surface area contributed by atoms with Gasteiger partial charge in [-0.1, -0.05) is 17.7 Å². The number of likely N-dealkylation sites (tertiary alicyclic amines) is 1. The number of aromatic amines is 1. The largest absolute Gasteiger partial charge is 0.494 e. The molecular formula is C19H25N3O2. The molecular weight excluding hydrogens is 302 g/mol. The molecule has 1 atom stereocenters. The molecule has 3 rings (SSSR count). The average molecular weight is 327 g/mol. The predicted molar refractivity (Wildman–Crippen MR) is 93.1 cm³/mol. The first-order valence-corrected chi connectivity index (χ1v) is 8.69. The van der Waals surface area contributed by atoms with Gasteiger partial charge in [-0.05, 0) is 44.4 Å². The van der Waals surface area contributed by atoms with Gasteiger partial charge in [0.1, 0.15) is 5.75 Å². The lowest BCUT2D eigenvalue weighted by Gasteiger charge is -2.32. The van der Waals surface area contributed by atoms with E-state index in [1.165, 1.54) is 5.56 Å². The fourth-order valence-electron chi connectivity index (χ4n) is 3.16. The first-order valence-electron chi connectivity index (χ1n) is 8.69. The van der Waals surface area contributed by atoms with E-state index in [9.17, 15) is 4.79 Å². The third-order valence-electron chi connectivity index (χ3n) is 4.56. The van der Waals surface area contributed by atoms with Crippen molar-refractivity contribution >= 4 is 5.91 Å². The van der Waals surface area contributed by atoms with E-state index in [1.807, 2.05) is 35.2 Å². The lowest BCUT2D eigenvalue weighted by Crippen LogP contribution is -2.39. The highest BCUT2D eigenvalue weighted by Crippen LogP contribution is 2.25. The Morgan fingerprint density at radius 3 is 2.92 bits per heavy atom. The molecule has 0 aliphatic carbocycles. The minimum absolute atomic E-state index is 0.228. The van der Waals surface area contributed by atoms with Gasteiger partial charge in [0.2, 0.25) is 5.91 Å². The summed E-state index contributed by atoms with van der Waals surface area (Å²) in [4.78, 5) is 14.4. The van der Waals surface area contributed by atoms with E-state index in [0.717, 1.165) is 43.8 Å². The Balaban J connectivity index is 1.40. The summed E-state index contributed by atoms with van der Waals surface area (Å²) in [5.41, 5.74) is 2.35. The van der Waals surface area contributed by atoms with Gasteiger partial charge in [-0.25, -0.2) is 0 Å². The number of H-pyrrole nitrogens is 1. The maximum absolute atomic E-state index is 12.4. The Hall–Kier alpha value is -2.30. The molecule has 2 heterocycles. The normalized spacial score (nSPS) is 17.7. The number of nitrogens with zero attached hydrogens (tertiary/aromatic N) is 2. The molecule has 0 unspecified atom stereocenters. The average Bonchev–Trinajstić information content (AvgIpc) is 3.15. The molecule has 0 bridgehead atoms. The molecule has 1 fully saturated rings. The number of hydrogen-bond donors (Lipinski definition) is 1. The summed E-state index contributed by atoms with van der Waals surface area (Å²) < 4.78 is 5.69. The number of piperidine rings is 1. The van der Waals surface area contributed by atoms with Crippen molar-refractivity contribution in [3.8, 4) is 5.75 Å². The molecule has 1 aromatic carbocycles. The monoisotopic (exact) mass is 327 g/mol. The maximum atomic E-state index is 12.4. The Bertz CT molecular complexity index is 637. The van der Waals surface area contributed by atoms with E-state index < -0.39 is 0 Å². The van der Waals surface area contributed by atoms with E-state index in [1.54, 1.807) is 6.20 Å². The van der Waals surface area contributed by atoms with E-state index in [-0.39, 0.29) is 5.91 Å². The van der Waals surface area contributed by atoms with Crippen molar-refractivity contribution in [1.82, 2.24) is 15.1 Å². The number of hydrogen-bond acceptors (Lipinski definition) is 3. The van der Waals surface area contributed by atoms with Crippen molar-refractivity contribution in [1.29, 1.82) is 0 Å². The van der Waals surface area contributed by atoms with Gasteiger partial charge in [0, 0.05) is 37.3 Å². The minimum atomic E-state index is 0.228. The van der Waals surface area contributed by atoms with Crippen molar-refractivity contribution in [2.45, 2.75) is 38.5 Å². The standard InChI is InChI=1S/C19H25N3O2/c1-15-6-8-17(9-7-15)24-13-3-5-19(23)22-12-2-4-16(14-22)18-10-11-20-21-18/h6-11,16H,2-5,12-14H2,1H3,(H,20,21)/t16-/m0/s1. The van der Waals surface area contributed by atoms with Crippen molar-refractivity contribution in [3.63, 3.8) is 0 Å². The number of carbonyl (C=O) groups excluding carboxylic acids is 1. The molecule has 1 saturated heterocycles. The molecule has 5 nitrogen and oxygen atoms in total. The summed E-state index contributed by atoms with van der Waals surface area (Å²) >= 11 is 0. The van der Waals surface area contributed by atoms with Gasteiger partial charge in [0.05, 0.1) is 6.61 Å². The van der Waals surface area contributed by atoms with Crippen LogP contribution >= 0.6 is 0 Å². The topological polar surface area (TPSA) is 58.2 Å². The SMILES string of the molecule is Cc1ccc(OCCCC(=O)N2CCC[C@H](c3ccn[nH]3)C2)cc1. The smallest absolute Gasteiger partial charge is 0.222 e. The van der Waals surface area contributed by atoms with Crippen LogP contribution in [0.2, 0.25) is 0 Å². The molecule has 1 N–H and O–H groups in total. The third kappa shape index (κ3) is 4.37. The van der Waals surface area contributed by atoms with E-state index in [2.05, 4.69) is 17.1 Å². The van der Waals surface area contributed by atoms with Crippen LogP contribution in [0.15, 0.2) is 36.5 Å². The second-order valence-electron chi connectivity index (χ2n) is 6.46. The molecule has 24 heavy (non-hydrogen) atoms. The number of ether oxygens (including phenoxy) is 1. The van der Waals surface area contributed by atoms with Crippen molar-refractivity contribution in [3.05, 3.63) is 47.8 Å². The first kappa shape index (κ1) is 16.6. The Kier molecular flexibility index (Phi) is 5.51. The molecule has 0 saturated carbocycles. The first-order chi connectivity index (χ1) is 11.7. The van der Waals surface area contributed by atoms with Crippen molar-refractivity contribution in [2.24, 2.45) is 0 Å². The summed E-state index contributed by atoms with van der Waals surface area (Å²) in [5.74, 6) is 1.48. The zero-order valence-corrected chi connectivity index (χ0v) is 14.2. The number of amides is 1. The van der Waals surface area contributed by atoms with E-state index >= 15 is 0 Å². The highest BCUT2D eigenvalue weighted by atomic mass is 16.5. The third-order valence-corrected chi connectivity index (χ3v) is 4.56. The number of aromatic nitrogens is 2. The van der Waals surface area contributed by atoms with Crippen LogP contribution in [0, 0.1) is 6.92 Å². The molecule has 2 aromatic rings. The zero-order valence-electron chi connectivity index (χ0n) is 14.2. The van der Waals surface area contributed by atoms with Crippen LogP contribution in [-0.4, -0.2) is 40.7 Å². The predicted octanol–water partition coefficient (Wildman–Crippen LogP) is 3.28. The van der Waals surface area contributed by atoms with Crippen LogP contribution in [0.4, 0.5) is 0 Å². The number of aryl methyl sites for hydroxylation is 1. The van der Waals surface area contributed by atoms with Crippen molar-refractivity contribution < 1.29 is 9.53 Å². The van der Waals surface area contributed by atoms with Gasteiger partial charge in [-0.3, -0.25) is 9.89 Å². The van der Waals surface area contributed by atoms with Gasteiger partial charge in [0.25, 0.3) is 0 Å². The van der Waals surface area contributed by atoms with Crippen LogP contribution in [-0.2, 0) is 4.79 Å². The number of rotatable bonds is 6. The van der Waals surface area contributed by atoms with Gasteiger partial charge in [0.15, 0.2) is 0 Å². The summed E-state index contributed by atoms with van der Waals surface area (Å²) in [6.07, 6.45) is 5.23. The van der Waals surface area contributed by atoms with Crippen LogP contribution in [0.1, 0.15) is 42.9 Å². The zero-order chi connectivity index (χ0) is 16.8. The second-order valence-corrected chi connectivity index (χ2v) is 6.46. The number of benzene rings is 1. The molecule has 1 aliphatic heterocycles. The molecule has 128 valence electrons. The fraction of sp³-hybridized carbons (Fsp3) is 0.474. The van der Waals surface area contributed by atoms with Gasteiger partial charge >= 0.3 is 0 Å². The molecule has 1 amide bonds. The highest BCUT2D eigenvalue weighted by molar-refractivity contribution is 5.76. The second kappa shape index (κ2) is 7.99. The Morgan fingerprint density at radius 1 is 1.33 bits per heavy atom. The minimum Gasteiger partial charge on any atom is -0.494 e. The number of nitrogens with one attached hydrogen (secondary N) is 1. The van der Waals surface area contributed by atoms with E-state index in [4.69, 9.17) is 4.74 Å². The molecule has 0 spiro atoms. The van der Waals surface area contributed by atoms with Crippen LogP contribution in [0.5, 0.6) is 5.75 Å². The lowest BCUT2D eigenvalue weighted by molar-refractivity contribution is -0.132. The molecule has 1 aliphatic rings.